The molecule has 1 amide bonds. The first-order valence-corrected chi connectivity index (χ1v) is 12.1. The maximum atomic E-state index is 14.0. The molecule has 182 valence electrons. The fourth-order valence-corrected chi connectivity index (χ4v) is 4.17. The Kier molecular flexibility index (Phi) is 7.93. The molecule has 0 aliphatic rings. The van der Waals surface area contributed by atoms with Crippen LogP contribution in [0.3, 0.4) is 0 Å². The molecular formula is C28H28ClFN2O3. The van der Waals surface area contributed by atoms with E-state index >= 15 is 0 Å². The van der Waals surface area contributed by atoms with Gasteiger partial charge >= 0.3 is 0 Å². The van der Waals surface area contributed by atoms with Gasteiger partial charge in [0.1, 0.15) is 11.5 Å². The molecule has 0 atom stereocenters. The highest BCUT2D eigenvalue weighted by Crippen LogP contribution is 2.29. The molecule has 0 saturated heterocycles. The summed E-state index contributed by atoms with van der Waals surface area (Å²) in [5, 5.41) is 4.04. The van der Waals surface area contributed by atoms with Gasteiger partial charge in [0.25, 0.3) is 5.91 Å². The molecule has 0 saturated carbocycles. The maximum Gasteiger partial charge on any atom is 0.267 e. The van der Waals surface area contributed by atoms with Crippen molar-refractivity contribution in [2.24, 2.45) is 0 Å². The molecule has 0 radical (unpaired) electrons. The van der Waals surface area contributed by atoms with E-state index in [9.17, 15) is 9.18 Å². The minimum absolute atomic E-state index is 0.0749. The Balaban J connectivity index is 1.50. The quantitative estimate of drug-likeness (QED) is 0.283. The Morgan fingerprint density at radius 1 is 0.943 bits per heavy atom. The second kappa shape index (κ2) is 11.3. The number of amides is 1. The molecule has 1 N–H and O–H groups in total. The summed E-state index contributed by atoms with van der Waals surface area (Å²) in [7, 11) is 0. The van der Waals surface area contributed by atoms with E-state index in [0.717, 1.165) is 22.0 Å². The zero-order valence-electron chi connectivity index (χ0n) is 19.8. The highest BCUT2D eigenvalue weighted by molar-refractivity contribution is 6.30. The second-order valence-electron chi connectivity index (χ2n) is 8.08. The van der Waals surface area contributed by atoms with Gasteiger partial charge in [-0.15, -0.1) is 0 Å². The Bertz CT molecular complexity index is 1340. The second-order valence-corrected chi connectivity index (χ2v) is 8.48. The van der Waals surface area contributed by atoms with Gasteiger partial charge in [-0.25, -0.2) is 4.39 Å². The van der Waals surface area contributed by atoms with Crippen LogP contribution >= 0.6 is 11.6 Å². The van der Waals surface area contributed by atoms with Crippen molar-refractivity contribution >= 4 is 28.4 Å². The van der Waals surface area contributed by atoms with Crippen LogP contribution in [0.1, 0.15) is 35.5 Å². The number of halogens is 2. The van der Waals surface area contributed by atoms with Crippen LogP contribution in [0.4, 0.5) is 4.39 Å². The number of nitrogens with zero attached hydrogens (tertiary/aromatic N) is 1. The Hall–Kier alpha value is -3.51. The van der Waals surface area contributed by atoms with Gasteiger partial charge in [-0.05, 0) is 67.8 Å². The number of rotatable bonds is 10. The van der Waals surface area contributed by atoms with Crippen molar-refractivity contribution in [1.29, 1.82) is 0 Å². The molecule has 7 heteroatoms. The van der Waals surface area contributed by atoms with E-state index in [4.69, 9.17) is 21.1 Å². The molecule has 1 heterocycles. The monoisotopic (exact) mass is 494 g/mol. The molecular weight excluding hydrogens is 467 g/mol. The number of carbonyl (C=O) groups is 1. The number of hydrogen-bond donors (Lipinski definition) is 1. The van der Waals surface area contributed by atoms with Crippen molar-refractivity contribution in [1.82, 2.24) is 9.88 Å². The molecule has 5 nitrogen and oxygen atoms in total. The summed E-state index contributed by atoms with van der Waals surface area (Å²) in [4.78, 5) is 13.2. The van der Waals surface area contributed by atoms with Gasteiger partial charge in [0.05, 0.1) is 18.2 Å². The summed E-state index contributed by atoms with van der Waals surface area (Å²) < 4.78 is 27.2. The smallest absolute Gasteiger partial charge is 0.267 e. The molecule has 0 aliphatic heterocycles. The van der Waals surface area contributed by atoms with E-state index in [0.29, 0.717) is 49.9 Å². The van der Waals surface area contributed by atoms with Crippen molar-refractivity contribution in [3.05, 3.63) is 94.4 Å². The summed E-state index contributed by atoms with van der Waals surface area (Å²) in [5.41, 5.74) is 3.18. The Labute approximate surface area is 209 Å². The normalized spacial score (nSPS) is 11.0. The van der Waals surface area contributed by atoms with E-state index in [2.05, 4.69) is 5.32 Å². The number of hydrogen-bond acceptors (Lipinski definition) is 3. The summed E-state index contributed by atoms with van der Waals surface area (Å²) in [6, 6.07) is 20.2. The summed E-state index contributed by atoms with van der Waals surface area (Å²) in [6.07, 6.45) is 0.640. The van der Waals surface area contributed by atoms with Crippen LogP contribution in [-0.2, 0) is 13.0 Å². The third kappa shape index (κ3) is 5.77. The average Bonchev–Trinajstić information content (AvgIpc) is 3.22. The lowest BCUT2D eigenvalue weighted by Gasteiger charge is -2.13. The third-order valence-corrected chi connectivity index (χ3v) is 5.98. The van der Waals surface area contributed by atoms with Crippen LogP contribution in [0.25, 0.3) is 10.9 Å². The van der Waals surface area contributed by atoms with Gasteiger partial charge in [0.15, 0.2) is 11.5 Å². The Morgan fingerprint density at radius 3 is 2.46 bits per heavy atom. The highest BCUT2D eigenvalue weighted by Gasteiger charge is 2.16. The molecule has 3 aromatic carbocycles. The zero-order valence-corrected chi connectivity index (χ0v) is 20.6. The molecule has 0 spiro atoms. The van der Waals surface area contributed by atoms with E-state index in [-0.39, 0.29) is 10.9 Å². The Morgan fingerprint density at radius 2 is 1.69 bits per heavy atom. The molecule has 1 aromatic heterocycles. The highest BCUT2D eigenvalue weighted by atomic mass is 35.5. The van der Waals surface area contributed by atoms with Gasteiger partial charge in [-0.3, -0.25) is 4.79 Å². The fourth-order valence-electron chi connectivity index (χ4n) is 4.05. The molecule has 4 aromatic rings. The van der Waals surface area contributed by atoms with Crippen molar-refractivity contribution in [2.75, 3.05) is 19.8 Å². The summed E-state index contributed by atoms with van der Waals surface area (Å²) >= 11 is 5.84. The van der Waals surface area contributed by atoms with E-state index in [1.165, 1.54) is 12.1 Å². The minimum atomic E-state index is -0.478. The number of fused-ring (bicyclic) bond motifs is 1. The van der Waals surface area contributed by atoms with Crippen LogP contribution in [-0.4, -0.2) is 30.2 Å². The van der Waals surface area contributed by atoms with E-state index < -0.39 is 5.82 Å². The molecule has 35 heavy (non-hydrogen) atoms. The first kappa shape index (κ1) is 24.6. The molecule has 4 rings (SSSR count). The molecule has 0 unspecified atom stereocenters. The van der Waals surface area contributed by atoms with Crippen LogP contribution in [0, 0.1) is 5.82 Å². The summed E-state index contributed by atoms with van der Waals surface area (Å²) in [6.45, 7) is 5.77. The number of nitrogens with one attached hydrogen (secondary N) is 1. The lowest BCUT2D eigenvalue weighted by molar-refractivity contribution is 0.0945. The molecule has 0 fully saturated rings. The molecule has 0 aliphatic carbocycles. The van der Waals surface area contributed by atoms with Gasteiger partial charge < -0.3 is 19.4 Å². The predicted octanol–water partition coefficient (Wildman–Crippen LogP) is 6.25. The maximum absolute atomic E-state index is 14.0. The van der Waals surface area contributed by atoms with Crippen molar-refractivity contribution in [3.63, 3.8) is 0 Å². The van der Waals surface area contributed by atoms with Gasteiger partial charge in [0.2, 0.25) is 0 Å². The lowest BCUT2D eigenvalue weighted by atomic mass is 10.1. The van der Waals surface area contributed by atoms with E-state index in [1.54, 1.807) is 6.07 Å². The largest absolute Gasteiger partial charge is 0.490 e. The van der Waals surface area contributed by atoms with Crippen molar-refractivity contribution < 1.29 is 18.7 Å². The predicted molar refractivity (Wildman–Crippen MR) is 137 cm³/mol. The SMILES string of the molecule is CCOc1ccc(CCNC(=O)c2cc3ccccc3n2Cc2ccc(Cl)c(F)c2)cc1OCC. The number of aromatic nitrogens is 1. The third-order valence-electron chi connectivity index (χ3n) is 5.67. The molecule has 0 bridgehead atoms. The fraction of sp³-hybridized carbons (Fsp3) is 0.250. The van der Waals surface area contributed by atoms with Crippen LogP contribution in [0.15, 0.2) is 66.7 Å². The van der Waals surface area contributed by atoms with Gasteiger partial charge in [-0.1, -0.05) is 41.9 Å². The first-order valence-electron chi connectivity index (χ1n) is 11.7. The van der Waals surface area contributed by atoms with Crippen molar-refractivity contribution in [2.45, 2.75) is 26.8 Å². The van der Waals surface area contributed by atoms with Crippen LogP contribution in [0.5, 0.6) is 11.5 Å². The topological polar surface area (TPSA) is 52.5 Å². The minimum Gasteiger partial charge on any atom is -0.490 e. The number of para-hydroxylation sites is 1. The summed E-state index contributed by atoms with van der Waals surface area (Å²) in [5.74, 6) is 0.749. The van der Waals surface area contributed by atoms with E-state index in [1.807, 2.05) is 66.9 Å². The number of ether oxygens (including phenoxy) is 2. The number of benzene rings is 3. The lowest BCUT2D eigenvalue weighted by Crippen LogP contribution is -2.28. The van der Waals surface area contributed by atoms with Crippen molar-refractivity contribution in [3.8, 4) is 11.5 Å². The average molecular weight is 495 g/mol. The van der Waals surface area contributed by atoms with Crippen LogP contribution in [0.2, 0.25) is 5.02 Å². The van der Waals surface area contributed by atoms with Gasteiger partial charge in [0, 0.05) is 24.0 Å². The first-order chi connectivity index (χ1) is 17.0. The zero-order chi connectivity index (χ0) is 24.8. The van der Waals surface area contributed by atoms with Gasteiger partial charge in [-0.2, -0.15) is 0 Å². The van der Waals surface area contributed by atoms with Crippen LogP contribution < -0.4 is 14.8 Å². The standard InChI is InChI=1S/C28H28ClFN2O3/c1-3-34-26-12-10-19(16-27(26)35-4-2)13-14-31-28(33)25-17-21-7-5-6-8-24(21)32(25)18-20-9-11-22(29)23(30)15-20/h5-12,15-17H,3-4,13-14,18H2,1-2H3,(H,31,33). The number of carbonyl (C=O) groups excluding carboxylic acids is 1.